The zero-order valence-corrected chi connectivity index (χ0v) is 10.4. The number of nitrogens with zero attached hydrogens (tertiary/aromatic N) is 3. The lowest BCUT2D eigenvalue weighted by Crippen LogP contribution is -2.22. The molecular formula is C12H13N5O2. The van der Waals surface area contributed by atoms with Crippen LogP contribution < -0.4 is 15.4 Å². The van der Waals surface area contributed by atoms with Crippen molar-refractivity contribution in [3.8, 4) is 5.75 Å². The summed E-state index contributed by atoms with van der Waals surface area (Å²) < 4.78 is 7.05. The highest BCUT2D eigenvalue weighted by molar-refractivity contribution is 6.06. The molecule has 7 heteroatoms. The molecule has 0 radical (unpaired) electrons. The van der Waals surface area contributed by atoms with Crippen LogP contribution in [-0.2, 0) is 7.05 Å². The van der Waals surface area contributed by atoms with Gasteiger partial charge in [-0.25, -0.2) is 4.68 Å². The lowest BCUT2D eigenvalue weighted by molar-refractivity contribution is 0.102. The Kier molecular flexibility index (Phi) is 2.79. The Morgan fingerprint density at radius 1 is 1.53 bits per heavy atom. The molecule has 7 nitrogen and oxygen atoms in total. The second-order valence-corrected chi connectivity index (χ2v) is 4.12. The van der Waals surface area contributed by atoms with Gasteiger partial charge >= 0.3 is 0 Å². The summed E-state index contributed by atoms with van der Waals surface area (Å²) in [5, 5.41) is 9.79. The van der Waals surface area contributed by atoms with Crippen LogP contribution >= 0.6 is 0 Å². The summed E-state index contributed by atoms with van der Waals surface area (Å²) in [5.74, 6) is 0.705. The molecule has 0 saturated carbocycles. The van der Waals surface area contributed by atoms with Crippen molar-refractivity contribution < 1.29 is 9.53 Å². The number of hydrogen-bond acceptors (Lipinski definition) is 5. The molecule has 1 aliphatic rings. The van der Waals surface area contributed by atoms with Gasteiger partial charge in [0.25, 0.3) is 5.91 Å². The van der Waals surface area contributed by atoms with Crippen molar-refractivity contribution in [1.82, 2.24) is 14.8 Å². The van der Waals surface area contributed by atoms with Crippen LogP contribution in [0.15, 0.2) is 24.5 Å². The van der Waals surface area contributed by atoms with Gasteiger partial charge in [0.05, 0.1) is 11.3 Å². The van der Waals surface area contributed by atoms with Crippen LogP contribution in [0.2, 0.25) is 0 Å². The average molecular weight is 259 g/mol. The Balaban J connectivity index is 1.90. The van der Waals surface area contributed by atoms with Gasteiger partial charge in [-0.05, 0) is 12.1 Å². The van der Waals surface area contributed by atoms with Gasteiger partial charge in [0, 0.05) is 13.6 Å². The van der Waals surface area contributed by atoms with Crippen LogP contribution in [0.3, 0.4) is 0 Å². The molecule has 0 unspecified atom stereocenters. The highest BCUT2D eigenvalue weighted by Crippen LogP contribution is 2.31. The average Bonchev–Trinajstić information content (AvgIpc) is 2.83. The summed E-state index contributed by atoms with van der Waals surface area (Å²) in [6.45, 7) is 1.28. The van der Waals surface area contributed by atoms with E-state index < -0.39 is 0 Å². The monoisotopic (exact) mass is 259 g/mol. The van der Waals surface area contributed by atoms with Crippen molar-refractivity contribution in [1.29, 1.82) is 0 Å². The van der Waals surface area contributed by atoms with Crippen LogP contribution in [0.5, 0.6) is 5.75 Å². The van der Waals surface area contributed by atoms with Crippen molar-refractivity contribution in [2.24, 2.45) is 7.05 Å². The van der Waals surface area contributed by atoms with Crippen molar-refractivity contribution >= 4 is 17.5 Å². The second-order valence-electron chi connectivity index (χ2n) is 4.12. The first-order chi connectivity index (χ1) is 9.25. The number of ether oxygens (including phenoxy) is 1. The number of rotatable bonds is 2. The lowest BCUT2D eigenvalue weighted by atomic mass is 10.1. The molecule has 1 aromatic carbocycles. The number of anilines is 2. The van der Waals surface area contributed by atoms with E-state index in [4.69, 9.17) is 4.74 Å². The summed E-state index contributed by atoms with van der Waals surface area (Å²) in [4.78, 5) is 16.2. The molecule has 0 aliphatic carbocycles. The zero-order valence-electron chi connectivity index (χ0n) is 10.4. The molecule has 1 aromatic heterocycles. The Bertz CT molecular complexity index is 622. The fourth-order valence-electron chi connectivity index (χ4n) is 1.93. The van der Waals surface area contributed by atoms with Crippen LogP contribution in [0.4, 0.5) is 11.6 Å². The largest absolute Gasteiger partial charge is 0.489 e. The smallest absolute Gasteiger partial charge is 0.261 e. The van der Waals surface area contributed by atoms with Gasteiger partial charge in [-0.2, -0.15) is 10.1 Å². The second kappa shape index (κ2) is 4.60. The number of amides is 1. The Labute approximate surface area is 109 Å². The molecule has 0 spiro atoms. The van der Waals surface area contributed by atoms with Crippen LogP contribution in [0.25, 0.3) is 0 Å². The topological polar surface area (TPSA) is 81.1 Å². The van der Waals surface area contributed by atoms with E-state index in [2.05, 4.69) is 20.7 Å². The maximum Gasteiger partial charge on any atom is 0.261 e. The number of carbonyl (C=O) groups excluding carboxylic acids is 1. The standard InChI is InChI=1S/C12H13N5O2/c1-17-12(14-7-15-17)16-11(18)8-3-2-4-9-10(8)19-6-5-13-9/h2-4,7,13H,5-6H2,1H3,(H,14,15,16,18). The number of fused-ring (bicyclic) bond motifs is 1. The van der Waals surface area contributed by atoms with E-state index in [0.717, 1.165) is 12.2 Å². The molecule has 2 N–H and O–H groups in total. The summed E-state index contributed by atoms with van der Waals surface area (Å²) in [7, 11) is 1.71. The van der Waals surface area contributed by atoms with Crippen molar-refractivity contribution in [2.75, 3.05) is 23.8 Å². The van der Waals surface area contributed by atoms with Gasteiger partial charge in [-0.15, -0.1) is 0 Å². The molecule has 98 valence electrons. The first-order valence-corrected chi connectivity index (χ1v) is 5.91. The van der Waals surface area contributed by atoms with E-state index in [-0.39, 0.29) is 5.91 Å². The Morgan fingerprint density at radius 3 is 3.21 bits per heavy atom. The molecule has 0 saturated heterocycles. The van der Waals surface area contributed by atoms with Gasteiger partial charge in [0.2, 0.25) is 5.95 Å². The first kappa shape index (κ1) is 11.5. The van der Waals surface area contributed by atoms with Gasteiger partial charge in [-0.1, -0.05) is 6.07 Å². The number of hydrogen-bond donors (Lipinski definition) is 2. The predicted molar refractivity (Wildman–Crippen MR) is 69.4 cm³/mol. The van der Waals surface area contributed by atoms with Crippen molar-refractivity contribution in [3.05, 3.63) is 30.1 Å². The molecule has 2 heterocycles. The highest BCUT2D eigenvalue weighted by atomic mass is 16.5. The molecule has 1 aliphatic heterocycles. The van der Waals surface area contributed by atoms with E-state index in [9.17, 15) is 4.79 Å². The highest BCUT2D eigenvalue weighted by Gasteiger charge is 2.19. The minimum Gasteiger partial charge on any atom is -0.489 e. The number of aromatic nitrogens is 3. The number of carbonyl (C=O) groups is 1. The first-order valence-electron chi connectivity index (χ1n) is 5.91. The van der Waals surface area contributed by atoms with Crippen LogP contribution in [0.1, 0.15) is 10.4 Å². The van der Waals surface area contributed by atoms with Gasteiger partial charge in [0.15, 0.2) is 5.75 Å². The maximum atomic E-state index is 12.2. The molecule has 19 heavy (non-hydrogen) atoms. The van der Waals surface area contributed by atoms with Crippen LogP contribution in [-0.4, -0.2) is 33.8 Å². The molecule has 3 rings (SSSR count). The van der Waals surface area contributed by atoms with E-state index in [1.807, 2.05) is 12.1 Å². The Hall–Kier alpha value is -2.57. The molecular weight excluding hydrogens is 246 g/mol. The molecule has 1 amide bonds. The maximum absolute atomic E-state index is 12.2. The molecule has 2 aromatic rings. The molecule has 0 atom stereocenters. The van der Waals surface area contributed by atoms with E-state index in [0.29, 0.717) is 23.9 Å². The molecule has 0 fully saturated rings. The van der Waals surface area contributed by atoms with Gasteiger partial charge in [-0.3, -0.25) is 10.1 Å². The van der Waals surface area contributed by atoms with Gasteiger partial charge < -0.3 is 10.1 Å². The predicted octanol–water partition coefficient (Wildman–Crippen LogP) is 0.872. The summed E-state index contributed by atoms with van der Waals surface area (Å²) in [6, 6.07) is 5.41. The number of benzene rings is 1. The third-order valence-corrected chi connectivity index (χ3v) is 2.86. The third-order valence-electron chi connectivity index (χ3n) is 2.86. The normalized spacial score (nSPS) is 13.1. The Morgan fingerprint density at radius 2 is 2.42 bits per heavy atom. The van der Waals surface area contributed by atoms with Gasteiger partial charge in [0.1, 0.15) is 12.9 Å². The SMILES string of the molecule is Cn1ncnc1NC(=O)c1cccc2c1OCCN2. The fraction of sp³-hybridized carbons (Fsp3) is 0.250. The third kappa shape index (κ3) is 2.10. The van der Waals surface area contributed by atoms with Crippen LogP contribution in [0, 0.1) is 0 Å². The summed E-state index contributed by atoms with van der Waals surface area (Å²) in [6.07, 6.45) is 1.38. The molecule has 0 bridgehead atoms. The quantitative estimate of drug-likeness (QED) is 0.836. The van der Waals surface area contributed by atoms with Crippen molar-refractivity contribution in [2.45, 2.75) is 0 Å². The minimum absolute atomic E-state index is 0.267. The summed E-state index contributed by atoms with van der Waals surface area (Å²) >= 11 is 0. The fourth-order valence-corrected chi connectivity index (χ4v) is 1.93. The number of para-hydroxylation sites is 1. The summed E-state index contributed by atoms with van der Waals surface area (Å²) in [5.41, 5.74) is 1.31. The number of nitrogens with one attached hydrogen (secondary N) is 2. The number of aryl methyl sites for hydroxylation is 1. The lowest BCUT2D eigenvalue weighted by Gasteiger charge is -2.21. The minimum atomic E-state index is -0.267. The van der Waals surface area contributed by atoms with E-state index in [1.54, 1.807) is 13.1 Å². The van der Waals surface area contributed by atoms with Crippen molar-refractivity contribution in [3.63, 3.8) is 0 Å². The zero-order chi connectivity index (χ0) is 13.2. The van der Waals surface area contributed by atoms with E-state index in [1.165, 1.54) is 11.0 Å². The van der Waals surface area contributed by atoms with E-state index >= 15 is 0 Å².